The number of hydrogen-bond donors (Lipinski definition) is 2. The van der Waals surface area contributed by atoms with Gasteiger partial charge in [-0.1, -0.05) is 31.5 Å². The summed E-state index contributed by atoms with van der Waals surface area (Å²) in [7, 11) is 0. The minimum atomic E-state index is 0.181. The highest BCUT2D eigenvalue weighted by Gasteiger charge is 2.10. The quantitative estimate of drug-likeness (QED) is 0.781. The van der Waals surface area contributed by atoms with Crippen molar-refractivity contribution in [3.63, 3.8) is 0 Å². The Morgan fingerprint density at radius 2 is 1.94 bits per heavy atom. The van der Waals surface area contributed by atoms with Gasteiger partial charge in [0.25, 0.3) is 0 Å². The monoisotopic (exact) mass is 250 g/mol. The molecule has 3 nitrogen and oxygen atoms in total. The standard InChI is InChI=1S/C15H26N2O/c1-5-17(6-2)10-9-16-13(4)14-11-12(3)7-8-15(14)18/h7-8,11,13,16,18H,5-6,9-10H2,1-4H3. The van der Waals surface area contributed by atoms with Crippen LogP contribution in [0.1, 0.15) is 37.9 Å². The van der Waals surface area contributed by atoms with E-state index in [4.69, 9.17) is 0 Å². The molecule has 1 unspecified atom stereocenters. The Morgan fingerprint density at radius 3 is 2.56 bits per heavy atom. The van der Waals surface area contributed by atoms with Gasteiger partial charge in [-0.05, 0) is 33.0 Å². The van der Waals surface area contributed by atoms with E-state index in [1.54, 1.807) is 6.07 Å². The van der Waals surface area contributed by atoms with Crippen molar-refractivity contribution in [2.75, 3.05) is 26.2 Å². The molecule has 0 aliphatic carbocycles. The van der Waals surface area contributed by atoms with E-state index in [2.05, 4.69) is 31.0 Å². The van der Waals surface area contributed by atoms with Crippen LogP contribution < -0.4 is 5.32 Å². The van der Waals surface area contributed by atoms with Gasteiger partial charge in [0.15, 0.2) is 0 Å². The van der Waals surface area contributed by atoms with Crippen LogP contribution in [0.3, 0.4) is 0 Å². The third kappa shape index (κ3) is 4.31. The topological polar surface area (TPSA) is 35.5 Å². The molecule has 1 aromatic rings. The van der Waals surface area contributed by atoms with E-state index >= 15 is 0 Å². The van der Waals surface area contributed by atoms with E-state index in [-0.39, 0.29) is 6.04 Å². The van der Waals surface area contributed by atoms with Crippen LogP contribution in [0.5, 0.6) is 5.75 Å². The second-order valence-electron chi connectivity index (χ2n) is 4.76. The van der Waals surface area contributed by atoms with Crippen LogP contribution in [0.4, 0.5) is 0 Å². The zero-order valence-electron chi connectivity index (χ0n) is 12.0. The summed E-state index contributed by atoms with van der Waals surface area (Å²) in [5.74, 6) is 0.378. The average Bonchev–Trinajstić information content (AvgIpc) is 2.37. The van der Waals surface area contributed by atoms with Gasteiger partial charge in [0.1, 0.15) is 5.75 Å². The zero-order chi connectivity index (χ0) is 13.5. The molecular formula is C15H26N2O. The van der Waals surface area contributed by atoms with E-state index in [9.17, 15) is 5.11 Å². The van der Waals surface area contributed by atoms with Crippen LogP contribution >= 0.6 is 0 Å². The first-order valence-electron chi connectivity index (χ1n) is 6.83. The van der Waals surface area contributed by atoms with Crippen molar-refractivity contribution >= 4 is 0 Å². The van der Waals surface area contributed by atoms with Gasteiger partial charge in [-0.25, -0.2) is 0 Å². The number of phenolic OH excluding ortho intramolecular Hbond substituents is 1. The maximum Gasteiger partial charge on any atom is 0.120 e. The second kappa shape index (κ2) is 7.39. The van der Waals surface area contributed by atoms with Crippen molar-refractivity contribution < 1.29 is 5.11 Å². The smallest absolute Gasteiger partial charge is 0.120 e. The van der Waals surface area contributed by atoms with Gasteiger partial charge < -0.3 is 15.3 Å². The predicted octanol–water partition coefficient (Wildman–Crippen LogP) is 2.69. The summed E-state index contributed by atoms with van der Waals surface area (Å²) in [4.78, 5) is 2.38. The van der Waals surface area contributed by atoms with E-state index in [1.807, 2.05) is 19.1 Å². The Kier molecular flexibility index (Phi) is 6.16. The fraction of sp³-hybridized carbons (Fsp3) is 0.600. The normalized spacial score (nSPS) is 12.9. The van der Waals surface area contributed by atoms with Gasteiger partial charge in [0, 0.05) is 24.7 Å². The highest BCUT2D eigenvalue weighted by Crippen LogP contribution is 2.24. The average molecular weight is 250 g/mol. The van der Waals surface area contributed by atoms with Crippen LogP contribution in [-0.2, 0) is 0 Å². The summed E-state index contributed by atoms with van der Waals surface area (Å²) in [6.07, 6.45) is 0. The third-order valence-electron chi connectivity index (χ3n) is 3.42. The lowest BCUT2D eigenvalue weighted by atomic mass is 10.0. The molecule has 18 heavy (non-hydrogen) atoms. The largest absolute Gasteiger partial charge is 0.508 e. The van der Waals surface area contributed by atoms with Crippen molar-refractivity contribution in [1.29, 1.82) is 0 Å². The van der Waals surface area contributed by atoms with Crippen molar-refractivity contribution in [1.82, 2.24) is 10.2 Å². The van der Waals surface area contributed by atoms with Gasteiger partial charge in [0.2, 0.25) is 0 Å². The maximum atomic E-state index is 9.86. The summed E-state index contributed by atoms with van der Waals surface area (Å²) < 4.78 is 0. The van der Waals surface area contributed by atoms with Crippen LogP contribution in [0.15, 0.2) is 18.2 Å². The number of likely N-dealkylation sites (N-methyl/N-ethyl adjacent to an activating group) is 1. The van der Waals surface area contributed by atoms with E-state index in [0.29, 0.717) is 5.75 Å². The molecule has 2 N–H and O–H groups in total. The molecule has 102 valence electrons. The Morgan fingerprint density at radius 1 is 1.28 bits per heavy atom. The number of rotatable bonds is 7. The SMILES string of the molecule is CCN(CC)CCNC(C)c1cc(C)ccc1O. The Hall–Kier alpha value is -1.06. The van der Waals surface area contributed by atoms with Gasteiger partial charge in [-0.15, -0.1) is 0 Å². The van der Waals surface area contributed by atoms with Crippen molar-refractivity contribution in [3.8, 4) is 5.75 Å². The Labute approximate surface area is 111 Å². The van der Waals surface area contributed by atoms with Gasteiger partial charge in [0.05, 0.1) is 0 Å². The van der Waals surface area contributed by atoms with Crippen LogP contribution in [-0.4, -0.2) is 36.2 Å². The van der Waals surface area contributed by atoms with Crippen molar-refractivity contribution in [2.24, 2.45) is 0 Å². The number of aryl methyl sites for hydroxylation is 1. The second-order valence-corrected chi connectivity index (χ2v) is 4.76. The maximum absolute atomic E-state index is 9.86. The molecule has 0 radical (unpaired) electrons. The third-order valence-corrected chi connectivity index (χ3v) is 3.42. The first kappa shape index (κ1) is 15.0. The summed E-state index contributed by atoms with van der Waals surface area (Å²) >= 11 is 0. The number of nitrogens with zero attached hydrogens (tertiary/aromatic N) is 1. The molecular weight excluding hydrogens is 224 g/mol. The summed E-state index contributed by atoms with van der Waals surface area (Å²) in [5, 5.41) is 13.3. The van der Waals surface area contributed by atoms with Gasteiger partial charge in [-0.2, -0.15) is 0 Å². The van der Waals surface area contributed by atoms with Crippen molar-refractivity contribution in [2.45, 2.75) is 33.7 Å². The molecule has 0 saturated carbocycles. The van der Waals surface area contributed by atoms with E-state index < -0.39 is 0 Å². The molecule has 0 fully saturated rings. The highest BCUT2D eigenvalue weighted by molar-refractivity contribution is 5.37. The zero-order valence-corrected chi connectivity index (χ0v) is 12.0. The molecule has 0 heterocycles. The molecule has 1 aromatic carbocycles. The number of phenols is 1. The molecule has 0 aliphatic heterocycles. The molecule has 0 amide bonds. The summed E-state index contributed by atoms with van der Waals surface area (Å²) in [5.41, 5.74) is 2.16. The Balaban J connectivity index is 2.50. The first-order valence-corrected chi connectivity index (χ1v) is 6.83. The summed E-state index contributed by atoms with van der Waals surface area (Å²) in [6, 6.07) is 5.93. The number of benzene rings is 1. The fourth-order valence-electron chi connectivity index (χ4n) is 2.11. The minimum Gasteiger partial charge on any atom is -0.508 e. The van der Waals surface area contributed by atoms with E-state index in [1.165, 1.54) is 5.56 Å². The van der Waals surface area contributed by atoms with Gasteiger partial charge in [-0.3, -0.25) is 0 Å². The molecule has 0 aliphatic rings. The molecule has 0 bridgehead atoms. The first-order chi connectivity index (χ1) is 8.58. The fourth-order valence-corrected chi connectivity index (χ4v) is 2.11. The molecule has 3 heteroatoms. The van der Waals surface area contributed by atoms with Crippen molar-refractivity contribution in [3.05, 3.63) is 29.3 Å². The highest BCUT2D eigenvalue weighted by atomic mass is 16.3. The summed E-state index contributed by atoms with van der Waals surface area (Å²) in [6.45, 7) is 12.7. The molecule has 1 rings (SSSR count). The lowest BCUT2D eigenvalue weighted by molar-refractivity contribution is 0.297. The lowest BCUT2D eigenvalue weighted by Gasteiger charge is -2.21. The van der Waals surface area contributed by atoms with Gasteiger partial charge >= 0.3 is 0 Å². The molecule has 0 aromatic heterocycles. The van der Waals surface area contributed by atoms with Crippen LogP contribution in [0.25, 0.3) is 0 Å². The molecule has 0 spiro atoms. The number of nitrogens with one attached hydrogen (secondary N) is 1. The number of aromatic hydroxyl groups is 1. The van der Waals surface area contributed by atoms with Crippen LogP contribution in [0, 0.1) is 6.92 Å². The Bertz CT molecular complexity index is 362. The van der Waals surface area contributed by atoms with E-state index in [0.717, 1.165) is 31.7 Å². The lowest BCUT2D eigenvalue weighted by Crippen LogP contribution is -2.33. The molecule has 0 saturated heterocycles. The predicted molar refractivity (Wildman–Crippen MR) is 77.0 cm³/mol. The number of hydrogen-bond acceptors (Lipinski definition) is 3. The minimum absolute atomic E-state index is 0.181. The molecule has 1 atom stereocenters. The van der Waals surface area contributed by atoms with Crippen LogP contribution in [0.2, 0.25) is 0 Å².